The number of halogens is 3. The quantitative estimate of drug-likeness (QED) is 0.661. The molecule has 0 unspecified atom stereocenters. The lowest BCUT2D eigenvalue weighted by Crippen LogP contribution is -2.20. The number of benzene rings is 1. The van der Waals surface area contributed by atoms with Crippen LogP contribution in [-0.4, -0.2) is 16.9 Å². The van der Waals surface area contributed by atoms with Crippen LogP contribution in [-0.2, 0) is 10.7 Å². The first-order valence-electron chi connectivity index (χ1n) is 4.19. The number of hydrogen-bond acceptors (Lipinski definition) is 2. The normalized spacial score (nSPS) is 11.2. The number of aliphatic carboxylic acids is 1. The van der Waals surface area contributed by atoms with E-state index in [1.54, 1.807) is 0 Å². The molecule has 0 aliphatic rings. The predicted molar refractivity (Wildman–Crippen MR) is 53.0 cm³/mol. The van der Waals surface area contributed by atoms with Gasteiger partial charge in [0.15, 0.2) is 0 Å². The second kappa shape index (κ2) is 4.17. The molecule has 0 saturated carbocycles. The van der Waals surface area contributed by atoms with Crippen molar-refractivity contribution in [2.24, 2.45) is 0 Å². The topological polar surface area (TPSA) is 54.4 Å². The summed E-state index contributed by atoms with van der Waals surface area (Å²) in [6.07, 6.45) is 0. The second-order valence-electron chi connectivity index (χ2n) is 3.19. The molecule has 0 saturated heterocycles. The number of ketones is 1. The minimum atomic E-state index is -3.38. The van der Waals surface area contributed by atoms with Crippen LogP contribution in [0.25, 0.3) is 0 Å². The smallest absolute Gasteiger partial charge is 0.377 e. The Kier molecular flexibility index (Phi) is 3.28. The zero-order valence-corrected chi connectivity index (χ0v) is 8.89. The minimum absolute atomic E-state index is 0.334. The maximum atomic E-state index is 13.2. The molecule has 0 aromatic heterocycles. The highest BCUT2D eigenvalue weighted by atomic mass is 35.5. The lowest BCUT2D eigenvalue weighted by atomic mass is 9.99. The van der Waals surface area contributed by atoms with Crippen LogP contribution >= 0.6 is 11.6 Å². The van der Waals surface area contributed by atoms with Gasteiger partial charge in [0.1, 0.15) is 0 Å². The van der Waals surface area contributed by atoms with Gasteiger partial charge >= 0.3 is 5.97 Å². The van der Waals surface area contributed by atoms with Crippen LogP contribution in [0, 0.1) is 0 Å². The lowest BCUT2D eigenvalue weighted by Gasteiger charge is -2.15. The van der Waals surface area contributed by atoms with Gasteiger partial charge in [-0.2, -0.15) is 0 Å². The van der Waals surface area contributed by atoms with Crippen molar-refractivity contribution in [3.05, 3.63) is 34.3 Å². The summed E-state index contributed by atoms with van der Waals surface area (Å²) in [5.74, 6) is -6.58. The van der Waals surface area contributed by atoms with Crippen molar-refractivity contribution in [2.45, 2.75) is 12.8 Å². The van der Waals surface area contributed by atoms with E-state index in [0.29, 0.717) is 6.92 Å². The summed E-state index contributed by atoms with van der Waals surface area (Å²) >= 11 is 5.54. The zero-order valence-electron chi connectivity index (χ0n) is 8.13. The lowest BCUT2D eigenvalue weighted by molar-refractivity contribution is -0.131. The molecule has 1 aromatic rings. The molecule has 0 spiro atoms. The molecule has 3 nitrogen and oxygen atoms in total. The molecule has 1 rings (SSSR count). The molecule has 1 N–H and O–H groups in total. The number of hydrogen-bond donors (Lipinski definition) is 1. The largest absolute Gasteiger partial charge is 0.475 e. The summed E-state index contributed by atoms with van der Waals surface area (Å²) in [6, 6.07) is 3.43. The van der Waals surface area contributed by atoms with Crippen LogP contribution in [0.15, 0.2) is 18.2 Å². The van der Waals surface area contributed by atoms with E-state index in [4.69, 9.17) is 16.7 Å². The van der Waals surface area contributed by atoms with Crippen LogP contribution in [0.4, 0.5) is 8.78 Å². The van der Waals surface area contributed by atoms with E-state index in [-0.39, 0.29) is 5.02 Å². The highest BCUT2D eigenvalue weighted by molar-refractivity contribution is 6.41. The van der Waals surface area contributed by atoms with Gasteiger partial charge in [0.05, 0.1) is 10.6 Å². The molecule has 0 aliphatic carbocycles. The van der Waals surface area contributed by atoms with Gasteiger partial charge in [0.2, 0.25) is 0 Å². The summed E-state index contributed by atoms with van der Waals surface area (Å²) < 4.78 is 26.3. The molecule has 86 valence electrons. The number of carboxylic acid groups (broad SMARTS) is 1. The summed E-state index contributed by atoms with van der Waals surface area (Å²) in [5.41, 5.74) is -1.35. The maximum Gasteiger partial charge on any atom is 0.377 e. The molecule has 0 radical (unpaired) electrons. The van der Waals surface area contributed by atoms with E-state index in [0.717, 1.165) is 6.07 Å². The molecular weight excluding hydrogens is 242 g/mol. The third-order valence-corrected chi connectivity index (χ3v) is 2.21. The third kappa shape index (κ3) is 2.36. The third-order valence-electron chi connectivity index (χ3n) is 1.89. The van der Waals surface area contributed by atoms with Crippen molar-refractivity contribution >= 4 is 23.4 Å². The number of carbonyl (C=O) groups is 2. The second-order valence-corrected chi connectivity index (χ2v) is 3.59. The fourth-order valence-electron chi connectivity index (χ4n) is 1.27. The molecule has 0 aliphatic heterocycles. The van der Waals surface area contributed by atoms with Crippen molar-refractivity contribution in [2.75, 3.05) is 0 Å². The van der Waals surface area contributed by atoms with Gasteiger partial charge in [-0.15, -0.1) is 0 Å². The molecule has 16 heavy (non-hydrogen) atoms. The van der Waals surface area contributed by atoms with E-state index in [2.05, 4.69) is 0 Å². The average Bonchev–Trinajstić information content (AvgIpc) is 2.14. The van der Waals surface area contributed by atoms with Gasteiger partial charge in [0, 0.05) is 12.5 Å². The molecule has 6 heteroatoms. The fourth-order valence-corrected chi connectivity index (χ4v) is 1.62. The molecule has 1 aromatic carbocycles. The molecule has 0 fully saturated rings. The standard InChI is InChI=1S/C10H7ClF2O3/c1-10(12,13)7-5(8(14)9(15)16)3-2-4-6(7)11/h2-4H,1H3,(H,15,16). The summed E-state index contributed by atoms with van der Waals surface area (Å²) in [5, 5.41) is 8.15. The molecule has 0 bridgehead atoms. The van der Waals surface area contributed by atoms with Crippen molar-refractivity contribution in [3.63, 3.8) is 0 Å². The number of Topliss-reactive ketones (excluding diaryl/α,β-unsaturated/α-hetero) is 1. The Morgan fingerprint density at radius 2 is 1.94 bits per heavy atom. The SMILES string of the molecule is CC(F)(F)c1c(Cl)cccc1C(=O)C(=O)O. The van der Waals surface area contributed by atoms with Gasteiger partial charge in [0.25, 0.3) is 11.7 Å². The zero-order chi connectivity index (χ0) is 12.5. The van der Waals surface area contributed by atoms with E-state index in [1.807, 2.05) is 0 Å². The number of carbonyl (C=O) groups excluding carboxylic acids is 1. The van der Waals surface area contributed by atoms with Gasteiger partial charge in [-0.3, -0.25) is 4.79 Å². The van der Waals surface area contributed by atoms with Gasteiger partial charge < -0.3 is 5.11 Å². The Balaban J connectivity index is 3.46. The first-order valence-corrected chi connectivity index (χ1v) is 4.57. The van der Waals surface area contributed by atoms with Gasteiger partial charge in [-0.05, 0) is 6.07 Å². The Labute approximate surface area is 94.6 Å². The number of rotatable bonds is 3. The first kappa shape index (κ1) is 12.6. The van der Waals surface area contributed by atoms with Crippen molar-refractivity contribution in [1.82, 2.24) is 0 Å². The van der Waals surface area contributed by atoms with Crippen molar-refractivity contribution in [3.8, 4) is 0 Å². The first-order chi connectivity index (χ1) is 7.25. The van der Waals surface area contributed by atoms with Crippen LogP contribution < -0.4 is 0 Å². The minimum Gasteiger partial charge on any atom is -0.475 e. The highest BCUT2D eigenvalue weighted by Gasteiger charge is 2.34. The van der Waals surface area contributed by atoms with Crippen LogP contribution in [0.3, 0.4) is 0 Å². The molecule has 0 atom stereocenters. The van der Waals surface area contributed by atoms with E-state index in [9.17, 15) is 18.4 Å². The van der Waals surface area contributed by atoms with Crippen LogP contribution in [0.5, 0.6) is 0 Å². The van der Waals surface area contributed by atoms with Crippen molar-refractivity contribution in [1.29, 1.82) is 0 Å². The summed E-state index contributed by atoms with van der Waals surface area (Å²) in [4.78, 5) is 21.6. The molecule has 0 amide bonds. The van der Waals surface area contributed by atoms with Crippen LogP contribution in [0.1, 0.15) is 22.8 Å². The predicted octanol–water partition coefficient (Wildman–Crippen LogP) is 2.72. The van der Waals surface area contributed by atoms with E-state index < -0.39 is 28.8 Å². The highest BCUT2D eigenvalue weighted by Crippen LogP contribution is 2.35. The van der Waals surface area contributed by atoms with Crippen LogP contribution in [0.2, 0.25) is 5.02 Å². The van der Waals surface area contributed by atoms with Gasteiger partial charge in [-0.1, -0.05) is 23.7 Å². The van der Waals surface area contributed by atoms with E-state index >= 15 is 0 Å². The van der Waals surface area contributed by atoms with Crippen molar-refractivity contribution < 1.29 is 23.5 Å². The molecular formula is C10H7ClF2O3. The Bertz CT molecular complexity index is 452. The monoisotopic (exact) mass is 248 g/mol. The maximum absolute atomic E-state index is 13.2. The fraction of sp³-hybridized carbons (Fsp3) is 0.200. The molecule has 0 heterocycles. The number of carboxylic acids is 1. The average molecular weight is 249 g/mol. The summed E-state index contributed by atoms with van der Waals surface area (Å²) in [7, 11) is 0. The number of alkyl halides is 2. The van der Waals surface area contributed by atoms with Gasteiger partial charge in [-0.25, -0.2) is 13.6 Å². The Morgan fingerprint density at radius 3 is 2.38 bits per heavy atom. The summed E-state index contributed by atoms with van der Waals surface area (Å²) in [6.45, 7) is 0.548. The Morgan fingerprint density at radius 1 is 1.38 bits per heavy atom. The van der Waals surface area contributed by atoms with E-state index in [1.165, 1.54) is 12.1 Å². The Hall–Kier alpha value is -1.49.